The number of aromatic amines is 1. The second-order valence-corrected chi connectivity index (χ2v) is 8.03. The van der Waals surface area contributed by atoms with Gasteiger partial charge in [0.15, 0.2) is 0 Å². The highest BCUT2D eigenvalue weighted by Gasteiger charge is 2.22. The number of nitrogens with one attached hydrogen (secondary N) is 1. The van der Waals surface area contributed by atoms with Gasteiger partial charge in [-0.3, -0.25) is 9.59 Å². The Hall–Kier alpha value is -3.41. The van der Waals surface area contributed by atoms with E-state index in [0.29, 0.717) is 41.0 Å². The molecule has 4 rings (SSSR count). The molecule has 0 bridgehead atoms. The van der Waals surface area contributed by atoms with Gasteiger partial charge in [0, 0.05) is 34.4 Å². The first-order valence-corrected chi connectivity index (χ1v) is 10.8. The van der Waals surface area contributed by atoms with Gasteiger partial charge in [0.05, 0.1) is 6.54 Å². The van der Waals surface area contributed by atoms with Gasteiger partial charge in [-0.25, -0.2) is 0 Å². The summed E-state index contributed by atoms with van der Waals surface area (Å²) in [6.45, 7) is 0.387. The summed E-state index contributed by atoms with van der Waals surface area (Å²) in [5.74, 6) is -0.380. The highest BCUT2D eigenvalue weighted by atomic mass is 35.5. The maximum Gasteiger partial charge on any atom is 0.264 e. The van der Waals surface area contributed by atoms with Gasteiger partial charge >= 0.3 is 0 Å². The molecule has 0 saturated carbocycles. The highest BCUT2D eigenvalue weighted by molar-refractivity contribution is 6.30. The molecule has 0 unspecified atom stereocenters. The molecular weight excluding hydrogens is 424 g/mol. The van der Waals surface area contributed by atoms with Gasteiger partial charge < -0.3 is 15.0 Å². The third kappa shape index (κ3) is 4.74. The minimum Gasteiger partial charge on any atom is -0.396 e. The first-order valence-electron chi connectivity index (χ1n) is 10.4. The van der Waals surface area contributed by atoms with Crippen LogP contribution in [0.2, 0.25) is 5.02 Å². The number of aliphatic hydroxyl groups excluding tert-OH is 1. The van der Waals surface area contributed by atoms with Crippen molar-refractivity contribution < 1.29 is 9.90 Å². The zero-order valence-electron chi connectivity index (χ0n) is 17.4. The number of amides is 1. The summed E-state index contributed by atoms with van der Waals surface area (Å²) in [6.07, 6.45) is 2.76. The Kier molecular flexibility index (Phi) is 6.69. The van der Waals surface area contributed by atoms with Crippen LogP contribution in [0.4, 0.5) is 5.69 Å². The summed E-state index contributed by atoms with van der Waals surface area (Å²) in [4.78, 5) is 31.6. The second kappa shape index (κ2) is 9.81. The average Bonchev–Trinajstić information content (AvgIpc) is 2.83. The Morgan fingerprint density at radius 3 is 2.41 bits per heavy atom. The topological polar surface area (TPSA) is 73.4 Å². The van der Waals surface area contributed by atoms with Gasteiger partial charge in [0.25, 0.3) is 5.91 Å². The highest BCUT2D eigenvalue weighted by Crippen LogP contribution is 2.21. The molecule has 0 saturated heterocycles. The molecule has 1 aromatic heterocycles. The number of nitrogens with zero attached hydrogens (tertiary/aromatic N) is 1. The molecule has 162 valence electrons. The maximum atomic E-state index is 13.6. The van der Waals surface area contributed by atoms with Crippen molar-refractivity contribution in [2.75, 3.05) is 11.5 Å². The minimum absolute atomic E-state index is 0.0784. The smallest absolute Gasteiger partial charge is 0.264 e. The zero-order valence-corrected chi connectivity index (χ0v) is 18.2. The van der Waals surface area contributed by atoms with E-state index in [1.54, 1.807) is 23.1 Å². The second-order valence-electron chi connectivity index (χ2n) is 7.59. The lowest BCUT2D eigenvalue weighted by Crippen LogP contribution is -2.34. The molecule has 0 aliphatic heterocycles. The maximum absolute atomic E-state index is 13.6. The fourth-order valence-corrected chi connectivity index (χ4v) is 3.80. The predicted octanol–water partition coefficient (Wildman–Crippen LogP) is 4.95. The molecule has 6 heteroatoms. The van der Waals surface area contributed by atoms with Crippen LogP contribution in [-0.2, 0) is 13.0 Å². The number of carbonyl (C=O) groups is 1. The summed E-state index contributed by atoms with van der Waals surface area (Å²) < 4.78 is 0. The monoisotopic (exact) mass is 446 g/mol. The number of aromatic nitrogens is 1. The molecule has 2 N–H and O–H groups in total. The standard InChI is InChI=1S/C26H23ClN2O3/c27-20-11-8-19(9-12-20)17-29(21-6-2-1-3-7-21)26(32)23-16-28-24-13-10-18(5-4-14-30)15-22(24)25(23)31/h1-3,6-13,15-16,30H,4-5,14,17H2,(H,28,31). The van der Waals surface area contributed by atoms with Crippen LogP contribution in [0.15, 0.2) is 83.8 Å². The predicted molar refractivity (Wildman–Crippen MR) is 128 cm³/mol. The number of anilines is 1. The summed E-state index contributed by atoms with van der Waals surface area (Å²) in [6, 6.07) is 22.1. The summed E-state index contributed by atoms with van der Waals surface area (Å²) in [5.41, 5.74) is 2.98. The number of fused-ring (bicyclic) bond motifs is 1. The Morgan fingerprint density at radius 2 is 1.69 bits per heavy atom. The van der Waals surface area contributed by atoms with E-state index < -0.39 is 0 Å². The van der Waals surface area contributed by atoms with E-state index in [1.807, 2.05) is 54.6 Å². The number of rotatable bonds is 7. The molecule has 0 aliphatic carbocycles. The number of carbonyl (C=O) groups excluding carboxylic acids is 1. The molecule has 32 heavy (non-hydrogen) atoms. The van der Waals surface area contributed by atoms with Crippen molar-refractivity contribution in [1.29, 1.82) is 0 Å². The SMILES string of the molecule is O=C(c1c[nH]c2ccc(CCCO)cc2c1=O)N(Cc1ccc(Cl)cc1)c1ccccc1. The lowest BCUT2D eigenvalue weighted by molar-refractivity contribution is 0.0984. The number of hydrogen-bond acceptors (Lipinski definition) is 3. The lowest BCUT2D eigenvalue weighted by atomic mass is 10.0. The van der Waals surface area contributed by atoms with Crippen molar-refractivity contribution in [2.45, 2.75) is 19.4 Å². The van der Waals surface area contributed by atoms with E-state index in [0.717, 1.165) is 11.1 Å². The molecule has 0 fully saturated rings. The van der Waals surface area contributed by atoms with Gasteiger partial charge in [-0.2, -0.15) is 0 Å². The molecule has 0 radical (unpaired) electrons. The molecule has 5 nitrogen and oxygen atoms in total. The van der Waals surface area contributed by atoms with E-state index in [1.165, 1.54) is 6.20 Å². The summed E-state index contributed by atoms with van der Waals surface area (Å²) >= 11 is 6.00. The van der Waals surface area contributed by atoms with Gasteiger partial charge in [0.2, 0.25) is 5.43 Å². The van der Waals surface area contributed by atoms with Gasteiger partial charge in [0.1, 0.15) is 5.56 Å². The number of aliphatic hydroxyl groups is 1. The van der Waals surface area contributed by atoms with Crippen LogP contribution in [0.25, 0.3) is 10.9 Å². The number of para-hydroxylation sites is 1. The molecule has 0 spiro atoms. The van der Waals surface area contributed by atoms with Crippen molar-refractivity contribution in [2.24, 2.45) is 0 Å². The van der Waals surface area contributed by atoms with E-state index >= 15 is 0 Å². The molecule has 0 aliphatic rings. The van der Waals surface area contributed by atoms with E-state index in [-0.39, 0.29) is 23.5 Å². The number of halogens is 1. The lowest BCUT2D eigenvalue weighted by Gasteiger charge is -2.23. The van der Waals surface area contributed by atoms with Crippen molar-refractivity contribution >= 4 is 34.1 Å². The quantitative estimate of drug-likeness (QED) is 0.421. The van der Waals surface area contributed by atoms with E-state index in [4.69, 9.17) is 16.7 Å². The van der Waals surface area contributed by atoms with E-state index in [9.17, 15) is 9.59 Å². The first-order chi connectivity index (χ1) is 15.6. The normalized spacial score (nSPS) is 10.9. The summed E-state index contributed by atoms with van der Waals surface area (Å²) in [5, 5.41) is 10.2. The van der Waals surface area contributed by atoms with Crippen LogP contribution in [0.5, 0.6) is 0 Å². The Labute approximate surface area is 190 Å². The summed E-state index contributed by atoms with van der Waals surface area (Å²) in [7, 11) is 0. The van der Waals surface area contributed by atoms with Crippen LogP contribution in [0, 0.1) is 0 Å². The van der Waals surface area contributed by atoms with Crippen molar-refractivity contribution in [3.8, 4) is 0 Å². The third-order valence-electron chi connectivity index (χ3n) is 5.37. The average molecular weight is 447 g/mol. The van der Waals surface area contributed by atoms with Crippen LogP contribution in [0.1, 0.15) is 27.9 Å². The minimum atomic E-state index is -0.380. The fourth-order valence-electron chi connectivity index (χ4n) is 3.67. The van der Waals surface area contributed by atoms with Crippen molar-refractivity contribution in [1.82, 2.24) is 4.98 Å². The zero-order chi connectivity index (χ0) is 22.5. The van der Waals surface area contributed by atoms with Gasteiger partial charge in [-0.15, -0.1) is 0 Å². The molecule has 0 atom stereocenters. The number of hydrogen-bond donors (Lipinski definition) is 2. The van der Waals surface area contributed by atoms with Gasteiger partial charge in [-0.05, 0) is 60.4 Å². The number of benzene rings is 3. The Balaban J connectivity index is 1.74. The fraction of sp³-hybridized carbons (Fsp3) is 0.154. The Bertz CT molecular complexity index is 1280. The van der Waals surface area contributed by atoms with Crippen LogP contribution in [0.3, 0.4) is 0 Å². The molecule has 3 aromatic carbocycles. The molecule has 4 aromatic rings. The molecule has 1 heterocycles. The van der Waals surface area contributed by atoms with Crippen molar-refractivity contribution in [3.05, 3.63) is 111 Å². The number of aryl methyl sites for hydroxylation is 1. The van der Waals surface area contributed by atoms with Gasteiger partial charge in [-0.1, -0.05) is 48.0 Å². The Morgan fingerprint density at radius 1 is 0.969 bits per heavy atom. The molecule has 1 amide bonds. The molecular formula is C26H23ClN2O3. The number of H-pyrrole nitrogens is 1. The van der Waals surface area contributed by atoms with Crippen molar-refractivity contribution in [3.63, 3.8) is 0 Å². The van der Waals surface area contributed by atoms with Crippen LogP contribution < -0.4 is 10.3 Å². The largest absolute Gasteiger partial charge is 0.396 e. The van der Waals surface area contributed by atoms with E-state index in [2.05, 4.69) is 4.98 Å². The number of pyridine rings is 1. The third-order valence-corrected chi connectivity index (χ3v) is 5.62. The van der Waals surface area contributed by atoms with Crippen LogP contribution >= 0.6 is 11.6 Å². The first kappa shape index (κ1) is 21.8. The van der Waals surface area contributed by atoms with Crippen LogP contribution in [-0.4, -0.2) is 22.6 Å².